The van der Waals surface area contributed by atoms with E-state index in [-0.39, 0.29) is 0 Å². The fourth-order valence-electron chi connectivity index (χ4n) is 3.14. The second-order valence-corrected chi connectivity index (χ2v) is 5.33. The van der Waals surface area contributed by atoms with Crippen LogP contribution in [-0.2, 0) is 17.6 Å². The second-order valence-electron chi connectivity index (χ2n) is 5.33. The molecule has 0 saturated carbocycles. The summed E-state index contributed by atoms with van der Waals surface area (Å²) in [5.74, 6) is -0.820. The summed E-state index contributed by atoms with van der Waals surface area (Å²) in [6, 6.07) is 16.3. The van der Waals surface area contributed by atoms with Crippen molar-refractivity contribution in [1.29, 1.82) is 0 Å². The Bertz CT molecular complexity index is 676. The summed E-state index contributed by atoms with van der Waals surface area (Å²) in [6.07, 6.45) is 2.42. The van der Waals surface area contributed by atoms with Crippen molar-refractivity contribution in [2.75, 3.05) is 0 Å². The highest BCUT2D eigenvalue weighted by atomic mass is 16.4. The molecule has 0 aromatic heterocycles. The largest absolute Gasteiger partial charge is 0.478 e. The molecule has 0 spiro atoms. The zero-order chi connectivity index (χ0) is 14.8. The average molecular weight is 278 g/mol. The molecule has 0 aliphatic heterocycles. The van der Waals surface area contributed by atoms with Gasteiger partial charge in [0.1, 0.15) is 0 Å². The number of benzene rings is 2. The molecular weight excluding hydrogens is 260 g/mol. The summed E-state index contributed by atoms with van der Waals surface area (Å²) in [6.45, 7) is 1.91. The van der Waals surface area contributed by atoms with Crippen LogP contribution in [0.5, 0.6) is 0 Å². The van der Waals surface area contributed by atoms with Crippen molar-refractivity contribution in [3.05, 3.63) is 76.4 Å². The van der Waals surface area contributed by atoms with E-state index in [4.69, 9.17) is 0 Å². The summed E-state index contributed by atoms with van der Waals surface area (Å²) in [7, 11) is 0. The van der Waals surface area contributed by atoms with E-state index in [1.807, 2.05) is 43.3 Å². The minimum Gasteiger partial charge on any atom is -0.478 e. The first-order chi connectivity index (χ1) is 10.2. The topological polar surface area (TPSA) is 37.3 Å². The van der Waals surface area contributed by atoms with Crippen LogP contribution in [0.15, 0.2) is 54.1 Å². The average Bonchev–Trinajstić information content (AvgIpc) is 2.66. The first kappa shape index (κ1) is 13.6. The van der Waals surface area contributed by atoms with Crippen molar-refractivity contribution >= 4 is 11.5 Å². The van der Waals surface area contributed by atoms with Gasteiger partial charge in [-0.3, -0.25) is 0 Å². The number of fused-ring (bicyclic) bond motifs is 2. The van der Waals surface area contributed by atoms with E-state index in [1.54, 1.807) is 0 Å². The van der Waals surface area contributed by atoms with Gasteiger partial charge in [-0.2, -0.15) is 0 Å². The fraction of sp³-hybridized carbons (Fsp3) is 0.211. The zero-order valence-corrected chi connectivity index (χ0v) is 12.1. The third-order valence-electron chi connectivity index (χ3n) is 4.15. The van der Waals surface area contributed by atoms with Gasteiger partial charge >= 0.3 is 5.97 Å². The molecule has 0 atom stereocenters. The van der Waals surface area contributed by atoms with Crippen LogP contribution < -0.4 is 0 Å². The quantitative estimate of drug-likeness (QED) is 0.840. The van der Waals surface area contributed by atoms with Crippen LogP contribution in [0.4, 0.5) is 0 Å². The highest BCUT2D eigenvalue weighted by Gasteiger charge is 2.22. The lowest BCUT2D eigenvalue weighted by Gasteiger charge is -2.15. The number of hydrogen-bond donors (Lipinski definition) is 1. The lowest BCUT2D eigenvalue weighted by Crippen LogP contribution is -2.06. The molecule has 0 bridgehead atoms. The number of carboxylic acids is 1. The number of hydrogen-bond acceptors (Lipinski definition) is 1. The normalized spacial score (nSPS) is 13.1. The summed E-state index contributed by atoms with van der Waals surface area (Å²) in [4.78, 5) is 11.7. The Morgan fingerprint density at radius 2 is 1.43 bits per heavy atom. The Morgan fingerprint density at radius 3 is 1.86 bits per heavy atom. The first-order valence-corrected chi connectivity index (χ1v) is 7.35. The van der Waals surface area contributed by atoms with Gasteiger partial charge < -0.3 is 5.11 Å². The third kappa shape index (κ3) is 2.38. The van der Waals surface area contributed by atoms with Gasteiger partial charge in [0, 0.05) is 5.57 Å². The van der Waals surface area contributed by atoms with Gasteiger partial charge in [0.25, 0.3) is 0 Å². The van der Waals surface area contributed by atoms with Crippen molar-refractivity contribution in [1.82, 2.24) is 0 Å². The highest BCUT2D eigenvalue weighted by molar-refractivity contribution is 6.02. The molecule has 1 aliphatic rings. The number of rotatable bonds is 2. The van der Waals surface area contributed by atoms with Crippen LogP contribution in [-0.4, -0.2) is 11.1 Å². The van der Waals surface area contributed by atoms with Crippen LogP contribution in [0.3, 0.4) is 0 Å². The molecule has 21 heavy (non-hydrogen) atoms. The van der Waals surface area contributed by atoms with Gasteiger partial charge in [0.2, 0.25) is 0 Å². The molecule has 106 valence electrons. The van der Waals surface area contributed by atoms with Crippen LogP contribution in [0.1, 0.15) is 35.6 Å². The molecule has 0 heterocycles. The van der Waals surface area contributed by atoms with Crippen LogP contribution in [0.25, 0.3) is 5.57 Å². The molecule has 3 rings (SSSR count). The third-order valence-corrected chi connectivity index (χ3v) is 4.15. The van der Waals surface area contributed by atoms with E-state index in [0.29, 0.717) is 12.0 Å². The van der Waals surface area contributed by atoms with Crippen molar-refractivity contribution in [2.24, 2.45) is 0 Å². The van der Waals surface area contributed by atoms with E-state index in [1.165, 1.54) is 11.1 Å². The van der Waals surface area contributed by atoms with E-state index in [0.717, 1.165) is 29.5 Å². The van der Waals surface area contributed by atoms with Gasteiger partial charge in [-0.05, 0) is 47.1 Å². The maximum Gasteiger partial charge on any atom is 0.332 e. The van der Waals surface area contributed by atoms with Crippen molar-refractivity contribution in [3.63, 3.8) is 0 Å². The number of carbonyl (C=O) groups is 1. The summed E-state index contributed by atoms with van der Waals surface area (Å²) < 4.78 is 0. The molecule has 0 amide bonds. The lowest BCUT2D eigenvalue weighted by molar-refractivity contribution is -0.132. The minimum atomic E-state index is -0.820. The van der Waals surface area contributed by atoms with Crippen LogP contribution >= 0.6 is 0 Å². The highest BCUT2D eigenvalue weighted by Crippen LogP contribution is 2.36. The Balaban J connectivity index is 2.38. The maximum absolute atomic E-state index is 11.7. The van der Waals surface area contributed by atoms with Gasteiger partial charge in [-0.15, -0.1) is 0 Å². The molecular formula is C19H18O2. The van der Waals surface area contributed by atoms with E-state index < -0.39 is 5.97 Å². The summed E-state index contributed by atoms with van der Waals surface area (Å²) in [5.41, 5.74) is 6.00. The molecule has 2 nitrogen and oxygen atoms in total. The molecule has 0 fully saturated rings. The Hall–Kier alpha value is -2.35. The van der Waals surface area contributed by atoms with Crippen molar-refractivity contribution in [3.8, 4) is 0 Å². The van der Waals surface area contributed by atoms with Crippen molar-refractivity contribution < 1.29 is 9.90 Å². The predicted molar refractivity (Wildman–Crippen MR) is 84.2 cm³/mol. The zero-order valence-electron chi connectivity index (χ0n) is 12.1. The monoisotopic (exact) mass is 278 g/mol. The summed E-state index contributed by atoms with van der Waals surface area (Å²) >= 11 is 0. The molecule has 2 aromatic rings. The van der Waals surface area contributed by atoms with Gasteiger partial charge in [0.05, 0.1) is 0 Å². The van der Waals surface area contributed by atoms with Gasteiger partial charge in [-0.1, -0.05) is 55.5 Å². The second kappa shape index (κ2) is 5.57. The molecule has 0 unspecified atom stereocenters. The van der Waals surface area contributed by atoms with E-state index >= 15 is 0 Å². The first-order valence-electron chi connectivity index (χ1n) is 7.35. The van der Waals surface area contributed by atoms with Crippen molar-refractivity contribution in [2.45, 2.75) is 26.2 Å². The Kier molecular flexibility index (Phi) is 3.61. The maximum atomic E-state index is 11.7. The van der Waals surface area contributed by atoms with Gasteiger partial charge in [-0.25, -0.2) is 4.79 Å². The number of aliphatic carboxylic acids is 1. The van der Waals surface area contributed by atoms with E-state index in [2.05, 4.69) is 12.1 Å². The molecule has 1 N–H and O–H groups in total. The SMILES string of the molecule is CCC(C(=O)O)=C1c2ccccc2CCc2ccccc21. The smallest absolute Gasteiger partial charge is 0.332 e. The predicted octanol–water partition coefficient (Wildman–Crippen LogP) is 4.08. The number of aryl methyl sites for hydroxylation is 2. The fourth-order valence-corrected chi connectivity index (χ4v) is 3.14. The Morgan fingerprint density at radius 1 is 0.952 bits per heavy atom. The molecule has 0 saturated heterocycles. The number of carboxylic acid groups (broad SMARTS) is 1. The van der Waals surface area contributed by atoms with Crippen LogP contribution in [0, 0.1) is 0 Å². The van der Waals surface area contributed by atoms with Gasteiger partial charge in [0.15, 0.2) is 0 Å². The molecule has 0 radical (unpaired) electrons. The minimum absolute atomic E-state index is 0.497. The molecule has 1 aliphatic carbocycles. The standard InChI is InChI=1S/C19H18O2/c1-2-15(19(20)21)18-16-9-5-3-7-13(16)11-12-14-8-4-6-10-17(14)18/h3-10H,2,11-12H2,1H3,(H,20,21). The Labute approximate surface area is 124 Å². The lowest BCUT2D eigenvalue weighted by atomic mass is 9.89. The molecule has 2 heteroatoms. The molecule has 2 aromatic carbocycles. The van der Waals surface area contributed by atoms with Crippen LogP contribution in [0.2, 0.25) is 0 Å². The van der Waals surface area contributed by atoms with E-state index in [9.17, 15) is 9.90 Å². The summed E-state index contributed by atoms with van der Waals surface area (Å²) in [5, 5.41) is 9.61.